The predicted octanol–water partition coefficient (Wildman–Crippen LogP) is 2.38. The fourth-order valence-electron chi connectivity index (χ4n) is 2.84. The SMILES string of the molecule is O=C(c1cc2c(cc1[N+](=O)[O-])OCCO2)N1CCCCCC1. The molecular weight excluding hydrogens is 288 g/mol. The maximum atomic E-state index is 12.7. The van der Waals surface area contributed by atoms with Gasteiger partial charge >= 0.3 is 0 Å². The smallest absolute Gasteiger partial charge is 0.286 e. The van der Waals surface area contributed by atoms with Crippen molar-refractivity contribution in [1.82, 2.24) is 4.90 Å². The first kappa shape index (κ1) is 14.6. The quantitative estimate of drug-likeness (QED) is 0.619. The number of amides is 1. The predicted molar refractivity (Wildman–Crippen MR) is 78.5 cm³/mol. The highest BCUT2D eigenvalue weighted by molar-refractivity contribution is 5.99. The highest BCUT2D eigenvalue weighted by Gasteiger charge is 2.29. The first-order chi connectivity index (χ1) is 10.7. The number of likely N-dealkylation sites (tertiary alicyclic amines) is 1. The normalized spacial score (nSPS) is 17.7. The van der Waals surface area contributed by atoms with Crippen LogP contribution in [-0.4, -0.2) is 42.0 Å². The number of nitrogens with zero attached hydrogens (tertiary/aromatic N) is 2. The Bertz CT molecular complexity index is 594. The molecule has 0 radical (unpaired) electrons. The van der Waals surface area contributed by atoms with E-state index in [1.165, 1.54) is 12.1 Å². The van der Waals surface area contributed by atoms with Crippen LogP contribution in [0.4, 0.5) is 5.69 Å². The molecule has 2 aliphatic heterocycles. The topological polar surface area (TPSA) is 81.9 Å². The average Bonchev–Trinajstić information content (AvgIpc) is 2.82. The Morgan fingerprint density at radius 3 is 2.23 bits per heavy atom. The number of hydrogen-bond acceptors (Lipinski definition) is 5. The Kier molecular flexibility index (Phi) is 4.13. The van der Waals surface area contributed by atoms with Gasteiger partial charge in [-0.15, -0.1) is 0 Å². The molecule has 118 valence electrons. The van der Waals surface area contributed by atoms with E-state index < -0.39 is 4.92 Å². The molecule has 0 unspecified atom stereocenters. The van der Waals surface area contributed by atoms with E-state index in [4.69, 9.17) is 9.47 Å². The number of carbonyl (C=O) groups excluding carboxylic acids is 1. The van der Waals surface area contributed by atoms with Gasteiger partial charge in [-0.2, -0.15) is 0 Å². The van der Waals surface area contributed by atoms with E-state index in [-0.39, 0.29) is 17.2 Å². The fraction of sp³-hybridized carbons (Fsp3) is 0.533. The highest BCUT2D eigenvalue weighted by atomic mass is 16.6. The van der Waals surface area contributed by atoms with Crippen molar-refractivity contribution < 1.29 is 19.2 Å². The monoisotopic (exact) mass is 306 g/mol. The second-order valence-corrected chi connectivity index (χ2v) is 5.48. The van der Waals surface area contributed by atoms with Crippen LogP contribution < -0.4 is 9.47 Å². The summed E-state index contributed by atoms with van der Waals surface area (Å²) in [6.45, 7) is 2.01. The van der Waals surface area contributed by atoms with Crippen molar-refractivity contribution in [2.45, 2.75) is 25.7 Å². The van der Waals surface area contributed by atoms with Gasteiger partial charge in [-0.1, -0.05) is 12.8 Å². The zero-order chi connectivity index (χ0) is 15.5. The minimum Gasteiger partial charge on any atom is -0.486 e. The molecule has 22 heavy (non-hydrogen) atoms. The Balaban J connectivity index is 1.96. The van der Waals surface area contributed by atoms with Crippen LogP contribution in [-0.2, 0) is 0 Å². The van der Waals surface area contributed by atoms with Crippen molar-refractivity contribution in [1.29, 1.82) is 0 Å². The Hall–Kier alpha value is -2.31. The van der Waals surface area contributed by atoms with Gasteiger partial charge in [0.25, 0.3) is 11.6 Å². The largest absolute Gasteiger partial charge is 0.486 e. The molecule has 0 aromatic heterocycles. The summed E-state index contributed by atoms with van der Waals surface area (Å²) >= 11 is 0. The molecule has 0 saturated carbocycles. The van der Waals surface area contributed by atoms with E-state index in [2.05, 4.69) is 0 Å². The van der Waals surface area contributed by atoms with Crippen molar-refractivity contribution >= 4 is 11.6 Å². The zero-order valence-electron chi connectivity index (χ0n) is 12.2. The van der Waals surface area contributed by atoms with Gasteiger partial charge < -0.3 is 14.4 Å². The summed E-state index contributed by atoms with van der Waals surface area (Å²) in [6, 6.07) is 2.74. The standard InChI is InChI=1S/C15H18N2O5/c18-15(16-5-3-1-2-4-6-16)11-9-13-14(22-8-7-21-13)10-12(11)17(19)20/h9-10H,1-8H2. The van der Waals surface area contributed by atoms with Crippen LogP contribution >= 0.6 is 0 Å². The molecule has 7 heteroatoms. The first-order valence-electron chi connectivity index (χ1n) is 7.54. The third-order valence-electron chi connectivity index (χ3n) is 3.98. The minimum atomic E-state index is -0.538. The van der Waals surface area contributed by atoms with Gasteiger partial charge in [0, 0.05) is 19.2 Å². The molecule has 7 nitrogen and oxygen atoms in total. The highest BCUT2D eigenvalue weighted by Crippen LogP contribution is 2.37. The number of fused-ring (bicyclic) bond motifs is 1. The minimum absolute atomic E-state index is 0.0798. The van der Waals surface area contributed by atoms with Crippen LogP contribution in [0.15, 0.2) is 12.1 Å². The molecule has 0 N–H and O–H groups in total. The Labute approximate surface area is 128 Å². The Morgan fingerprint density at radius 1 is 1.05 bits per heavy atom. The third-order valence-corrected chi connectivity index (χ3v) is 3.98. The summed E-state index contributed by atoms with van der Waals surface area (Å²) in [5, 5.41) is 11.3. The van der Waals surface area contributed by atoms with Crippen molar-refractivity contribution in [2.75, 3.05) is 26.3 Å². The number of carbonyl (C=O) groups is 1. The number of hydrogen-bond donors (Lipinski definition) is 0. The van der Waals surface area contributed by atoms with Crippen molar-refractivity contribution in [2.24, 2.45) is 0 Å². The molecular formula is C15H18N2O5. The maximum absolute atomic E-state index is 12.7. The van der Waals surface area contributed by atoms with E-state index in [0.29, 0.717) is 37.8 Å². The molecule has 3 rings (SSSR count). The number of nitro groups is 1. The van der Waals surface area contributed by atoms with Crippen LogP contribution in [0.3, 0.4) is 0 Å². The summed E-state index contributed by atoms with van der Waals surface area (Å²) in [7, 11) is 0. The molecule has 0 aliphatic carbocycles. The first-order valence-corrected chi connectivity index (χ1v) is 7.54. The molecule has 1 saturated heterocycles. The number of benzene rings is 1. The second-order valence-electron chi connectivity index (χ2n) is 5.48. The molecule has 1 amide bonds. The van der Waals surface area contributed by atoms with Gasteiger partial charge in [-0.25, -0.2) is 0 Å². The van der Waals surface area contributed by atoms with E-state index in [1.54, 1.807) is 4.90 Å². The van der Waals surface area contributed by atoms with E-state index in [1.807, 2.05) is 0 Å². The van der Waals surface area contributed by atoms with Gasteiger partial charge in [0.15, 0.2) is 11.5 Å². The molecule has 0 spiro atoms. The fourth-order valence-corrected chi connectivity index (χ4v) is 2.84. The number of rotatable bonds is 2. The van der Waals surface area contributed by atoms with E-state index >= 15 is 0 Å². The molecule has 2 aliphatic rings. The molecule has 1 aromatic carbocycles. The molecule has 1 fully saturated rings. The second kappa shape index (κ2) is 6.21. The summed E-state index contributed by atoms with van der Waals surface area (Å²) in [5.41, 5.74) is -0.144. The summed E-state index contributed by atoms with van der Waals surface area (Å²) < 4.78 is 10.8. The molecule has 0 bridgehead atoms. The van der Waals surface area contributed by atoms with Gasteiger partial charge in [0.05, 0.1) is 11.0 Å². The van der Waals surface area contributed by atoms with Gasteiger partial charge in [-0.3, -0.25) is 14.9 Å². The van der Waals surface area contributed by atoms with Crippen LogP contribution in [0.1, 0.15) is 36.0 Å². The lowest BCUT2D eigenvalue weighted by Crippen LogP contribution is -2.32. The van der Waals surface area contributed by atoms with Crippen LogP contribution in [0, 0.1) is 10.1 Å². The van der Waals surface area contributed by atoms with Crippen LogP contribution in [0.5, 0.6) is 11.5 Å². The van der Waals surface area contributed by atoms with Crippen LogP contribution in [0.2, 0.25) is 0 Å². The lowest BCUT2D eigenvalue weighted by atomic mass is 10.1. The summed E-state index contributed by atoms with van der Waals surface area (Å²) in [6.07, 6.45) is 4.05. The Morgan fingerprint density at radius 2 is 1.64 bits per heavy atom. The van der Waals surface area contributed by atoms with Gasteiger partial charge in [-0.05, 0) is 12.8 Å². The van der Waals surface area contributed by atoms with E-state index in [0.717, 1.165) is 25.7 Å². The summed E-state index contributed by atoms with van der Waals surface area (Å²) in [5.74, 6) is 0.422. The lowest BCUT2D eigenvalue weighted by molar-refractivity contribution is -0.385. The van der Waals surface area contributed by atoms with E-state index in [9.17, 15) is 14.9 Å². The van der Waals surface area contributed by atoms with Crippen molar-refractivity contribution in [3.05, 3.63) is 27.8 Å². The maximum Gasteiger partial charge on any atom is 0.286 e. The molecule has 2 heterocycles. The van der Waals surface area contributed by atoms with Gasteiger partial charge in [0.1, 0.15) is 18.8 Å². The number of ether oxygens (including phenoxy) is 2. The third kappa shape index (κ3) is 2.84. The zero-order valence-corrected chi connectivity index (χ0v) is 12.2. The lowest BCUT2D eigenvalue weighted by Gasteiger charge is -2.22. The summed E-state index contributed by atoms with van der Waals surface area (Å²) in [4.78, 5) is 25.2. The molecule has 1 aromatic rings. The molecule has 0 atom stereocenters. The number of nitro benzene ring substituents is 1. The van der Waals surface area contributed by atoms with Gasteiger partial charge in [0.2, 0.25) is 0 Å². The average molecular weight is 306 g/mol. The van der Waals surface area contributed by atoms with Crippen molar-refractivity contribution in [3.63, 3.8) is 0 Å². The van der Waals surface area contributed by atoms with Crippen LogP contribution in [0.25, 0.3) is 0 Å². The van der Waals surface area contributed by atoms with Crippen molar-refractivity contribution in [3.8, 4) is 11.5 Å².